The van der Waals surface area contributed by atoms with E-state index in [0.717, 1.165) is 31.5 Å². The lowest BCUT2D eigenvalue weighted by molar-refractivity contribution is -0.123. The van der Waals surface area contributed by atoms with Gasteiger partial charge in [-0.05, 0) is 41.5 Å². The number of carbonyl (C=O) groups is 2. The maximum atomic E-state index is 13.7. The molecule has 0 radical (unpaired) electrons. The molecule has 2 amide bonds. The number of nitrogens with zero attached hydrogens (tertiary/aromatic N) is 2. The summed E-state index contributed by atoms with van der Waals surface area (Å²) < 4.78 is 34.6. The minimum absolute atomic E-state index is 0.133. The van der Waals surface area contributed by atoms with Crippen LogP contribution in [0.1, 0.15) is 17.5 Å². The number of alkyl carbamates (subject to hydrolysis) is 1. The van der Waals surface area contributed by atoms with E-state index in [2.05, 4.69) is 29.5 Å². The van der Waals surface area contributed by atoms with Crippen molar-refractivity contribution in [3.05, 3.63) is 87.8 Å². The van der Waals surface area contributed by atoms with Gasteiger partial charge < -0.3 is 20.3 Å². The molecule has 0 fully saturated rings. The molecule has 0 saturated carbocycles. The molecule has 0 saturated heterocycles. The van der Waals surface area contributed by atoms with Crippen molar-refractivity contribution >= 4 is 97.4 Å². The quantitative estimate of drug-likeness (QED) is 0.217. The van der Waals surface area contributed by atoms with E-state index in [-0.39, 0.29) is 17.7 Å². The van der Waals surface area contributed by atoms with Gasteiger partial charge in [0.05, 0.1) is 41.7 Å². The molecule has 0 aromatic heterocycles. The maximum Gasteiger partial charge on any atom is 0.407 e. The number of ether oxygens (including phenoxy) is 1. The second-order valence-corrected chi connectivity index (χ2v) is 15.6. The molecule has 2 heterocycles. The number of benzene rings is 2. The van der Waals surface area contributed by atoms with E-state index in [1.54, 1.807) is 46.8 Å². The summed E-state index contributed by atoms with van der Waals surface area (Å²) in [5.41, 5.74) is 3.16. The van der Waals surface area contributed by atoms with Gasteiger partial charge in [0.1, 0.15) is 34.4 Å². The first kappa shape index (κ1) is 33.2. The summed E-state index contributed by atoms with van der Waals surface area (Å²) in [5, 5.41) is 8.08. The largest absolute Gasteiger partial charge is 0.453 e. The highest BCUT2D eigenvalue weighted by Gasteiger charge is 2.34. The lowest BCUT2D eigenvalue weighted by Crippen LogP contribution is -2.52. The van der Waals surface area contributed by atoms with Gasteiger partial charge in [0.25, 0.3) is 0 Å². The molecule has 2 aromatic rings. The molecule has 2 aliphatic rings. The molecular weight excluding hydrogens is 826 g/mol. The lowest BCUT2D eigenvalue weighted by atomic mass is 10.0. The van der Waals surface area contributed by atoms with E-state index in [1.165, 1.54) is 35.0 Å². The van der Waals surface area contributed by atoms with Crippen molar-refractivity contribution in [2.75, 3.05) is 22.4 Å². The average Bonchev–Trinajstić information content (AvgIpc) is 3.66. The average molecular weight is 857 g/mol. The van der Waals surface area contributed by atoms with Crippen molar-refractivity contribution in [3.8, 4) is 0 Å². The molecule has 0 aliphatic carbocycles. The number of amides is 2. The standard InChI is InChI=1S/C27H30I2N4O6S3/c1-32-23(17-41-26(32)24-9-6-14-40-24)21(15-19-10-12-20(13-11-19)33(28)42(36,37)39-29)30-25(34)22(31-27(35)38-2)16-18-7-4-3-5-8-18/h3-5,7-13,17,21-22,26H,6,14-16H2,1-2H3,(H,30,34)(H,31,35)/t21-,22-,26?/m0/s1. The zero-order valence-electron chi connectivity index (χ0n) is 22.7. The number of thioether (sulfide) groups is 2. The zero-order valence-corrected chi connectivity index (χ0v) is 29.5. The molecule has 0 spiro atoms. The van der Waals surface area contributed by atoms with Crippen molar-refractivity contribution in [1.82, 2.24) is 15.5 Å². The number of rotatable bonds is 12. The van der Waals surface area contributed by atoms with Gasteiger partial charge >= 0.3 is 16.4 Å². The van der Waals surface area contributed by atoms with Gasteiger partial charge in [-0.25, -0.2) is 4.79 Å². The van der Waals surface area contributed by atoms with Crippen LogP contribution in [0.3, 0.4) is 0 Å². The third-order valence-electron chi connectivity index (χ3n) is 6.66. The van der Waals surface area contributed by atoms with Gasteiger partial charge in [-0.1, -0.05) is 48.5 Å². The van der Waals surface area contributed by atoms with E-state index in [9.17, 15) is 18.0 Å². The Kier molecular flexibility index (Phi) is 12.2. The number of anilines is 1. The second kappa shape index (κ2) is 15.4. The van der Waals surface area contributed by atoms with Crippen molar-refractivity contribution in [2.45, 2.75) is 36.7 Å². The highest BCUT2D eigenvalue weighted by atomic mass is 127. The molecule has 2 aliphatic heterocycles. The van der Waals surface area contributed by atoms with Crippen LogP contribution in [0.15, 0.2) is 76.7 Å². The lowest BCUT2D eigenvalue weighted by Gasteiger charge is -2.31. The van der Waals surface area contributed by atoms with Gasteiger partial charge in [-0.15, -0.1) is 23.5 Å². The summed E-state index contributed by atoms with van der Waals surface area (Å²) in [6.45, 7) is 0. The SMILES string of the molecule is COC(=O)N[C@@H](Cc1ccccc1)C(=O)N[C@@H](Cc1ccc(N(I)S(=O)(=O)OI)cc1)C1=CSC(C2=CCCS2)N1C. The van der Waals surface area contributed by atoms with Gasteiger partial charge in [-0.2, -0.15) is 13.4 Å². The molecule has 0 bridgehead atoms. The van der Waals surface area contributed by atoms with E-state index in [4.69, 9.17) is 4.74 Å². The summed E-state index contributed by atoms with van der Waals surface area (Å²) in [6.07, 6.45) is 3.35. The third-order valence-corrected chi connectivity index (χ3v) is 13.3. The van der Waals surface area contributed by atoms with E-state index < -0.39 is 28.5 Å². The van der Waals surface area contributed by atoms with Crippen LogP contribution < -0.4 is 13.2 Å². The summed E-state index contributed by atoms with van der Waals surface area (Å²) in [4.78, 5) is 29.4. The Labute approximate surface area is 282 Å². The molecular formula is C27H30I2N4O6S3. The topological polar surface area (TPSA) is 117 Å². The Bertz CT molecular complexity index is 1430. The van der Waals surface area contributed by atoms with Crippen LogP contribution in [0.4, 0.5) is 10.5 Å². The number of hydrogen-bond acceptors (Lipinski definition) is 9. The molecule has 3 atom stereocenters. The molecule has 4 rings (SSSR count). The Balaban J connectivity index is 1.58. The van der Waals surface area contributed by atoms with Crippen LogP contribution in [0.2, 0.25) is 0 Å². The van der Waals surface area contributed by atoms with Gasteiger partial charge in [0.15, 0.2) is 0 Å². The van der Waals surface area contributed by atoms with Gasteiger partial charge in [0.2, 0.25) is 5.91 Å². The molecule has 1 unspecified atom stereocenters. The highest BCUT2D eigenvalue weighted by Crippen LogP contribution is 2.42. The third kappa shape index (κ3) is 8.49. The fourth-order valence-corrected chi connectivity index (χ4v) is 9.45. The first-order valence-electron chi connectivity index (χ1n) is 12.8. The molecule has 226 valence electrons. The Morgan fingerprint density at radius 2 is 1.79 bits per heavy atom. The number of halogens is 2. The smallest absolute Gasteiger partial charge is 0.407 e. The van der Waals surface area contributed by atoms with Crippen LogP contribution in [0.5, 0.6) is 0 Å². The number of allylic oxidation sites excluding steroid dienone is 1. The van der Waals surface area contributed by atoms with E-state index in [1.807, 2.05) is 61.3 Å². The second-order valence-electron chi connectivity index (χ2n) is 9.43. The molecule has 2 N–H and O–H groups in total. The number of methoxy groups -OCH3 is 1. The number of nitrogens with one attached hydrogen (secondary N) is 2. The fraction of sp³-hybridized carbons (Fsp3) is 0.333. The highest BCUT2D eigenvalue weighted by molar-refractivity contribution is 14.1. The number of carbonyl (C=O) groups excluding carboxylic acids is 2. The fourth-order valence-electron chi connectivity index (χ4n) is 4.54. The van der Waals surface area contributed by atoms with Crippen LogP contribution in [-0.4, -0.2) is 62.7 Å². The van der Waals surface area contributed by atoms with E-state index in [0.29, 0.717) is 12.1 Å². The van der Waals surface area contributed by atoms with Crippen LogP contribution in [0.25, 0.3) is 0 Å². The minimum atomic E-state index is -3.91. The Morgan fingerprint density at radius 3 is 2.40 bits per heavy atom. The van der Waals surface area contributed by atoms with Crippen LogP contribution in [-0.2, 0) is 35.2 Å². The predicted octanol–water partition coefficient (Wildman–Crippen LogP) is 5.32. The van der Waals surface area contributed by atoms with Gasteiger partial charge in [0, 0.05) is 29.8 Å². The normalized spacial score (nSPS) is 18.1. The monoisotopic (exact) mass is 856 g/mol. The summed E-state index contributed by atoms with van der Waals surface area (Å²) in [7, 11) is -0.620. The van der Waals surface area contributed by atoms with Crippen molar-refractivity contribution < 1.29 is 25.3 Å². The molecule has 15 heteroatoms. The maximum absolute atomic E-state index is 13.7. The Hall–Kier alpha value is -1.67. The first-order chi connectivity index (χ1) is 20.1. The molecule has 42 heavy (non-hydrogen) atoms. The van der Waals surface area contributed by atoms with Crippen molar-refractivity contribution in [3.63, 3.8) is 0 Å². The van der Waals surface area contributed by atoms with Crippen LogP contribution in [0, 0.1) is 0 Å². The first-order valence-corrected chi connectivity index (χ1v) is 18.0. The summed E-state index contributed by atoms with van der Waals surface area (Å²) in [6, 6.07) is 15.2. The Morgan fingerprint density at radius 1 is 1.10 bits per heavy atom. The molecule has 10 nitrogen and oxygen atoms in total. The van der Waals surface area contributed by atoms with Gasteiger partial charge in [-0.3, -0.25) is 4.79 Å². The van der Waals surface area contributed by atoms with Crippen LogP contribution >= 0.6 is 69.4 Å². The summed E-state index contributed by atoms with van der Waals surface area (Å²) in [5.74, 6) is 0.723. The van der Waals surface area contributed by atoms with Crippen molar-refractivity contribution in [1.29, 1.82) is 0 Å². The minimum Gasteiger partial charge on any atom is -0.453 e. The van der Waals surface area contributed by atoms with E-state index >= 15 is 0 Å². The number of hydrogen-bond donors (Lipinski definition) is 2. The summed E-state index contributed by atoms with van der Waals surface area (Å²) >= 11 is 6.57. The van der Waals surface area contributed by atoms with Crippen molar-refractivity contribution in [2.24, 2.45) is 0 Å². The molecule has 2 aromatic carbocycles. The number of likely N-dealkylation sites (N-methyl/N-ethyl adjacent to an activating group) is 1. The predicted molar refractivity (Wildman–Crippen MR) is 184 cm³/mol. The zero-order chi connectivity index (χ0) is 30.3.